The first kappa shape index (κ1) is 17.0. The van der Waals surface area contributed by atoms with Gasteiger partial charge in [0, 0.05) is 24.7 Å². The van der Waals surface area contributed by atoms with Crippen molar-refractivity contribution < 1.29 is 9.21 Å². The summed E-state index contributed by atoms with van der Waals surface area (Å²) in [7, 11) is 1.92. The lowest BCUT2D eigenvalue weighted by atomic mass is 10.1. The highest BCUT2D eigenvalue weighted by Crippen LogP contribution is 2.18. The van der Waals surface area contributed by atoms with Crippen LogP contribution in [0.15, 0.2) is 41.0 Å². The summed E-state index contributed by atoms with van der Waals surface area (Å²) in [6.07, 6.45) is 2.69. The van der Waals surface area contributed by atoms with Crippen molar-refractivity contribution >= 4 is 5.91 Å². The van der Waals surface area contributed by atoms with Crippen molar-refractivity contribution in [1.82, 2.24) is 20.1 Å². The number of nitrogens with one attached hydrogen (secondary N) is 1. The summed E-state index contributed by atoms with van der Waals surface area (Å²) in [4.78, 5) is 16.5. The lowest BCUT2D eigenvalue weighted by Crippen LogP contribution is -2.23. The zero-order valence-electron chi connectivity index (χ0n) is 14.7. The Kier molecular flexibility index (Phi) is 4.97. The number of carbonyl (C=O) groups is 1. The van der Waals surface area contributed by atoms with Crippen LogP contribution in [0, 0.1) is 13.8 Å². The van der Waals surface area contributed by atoms with E-state index in [-0.39, 0.29) is 5.91 Å². The van der Waals surface area contributed by atoms with Crippen molar-refractivity contribution in [2.24, 2.45) is 7.05 Å². The minimum absolute atomic E-state index is 0.00749. The van der Waals surface area contributed by atoms with E-state index in [1.54, 1.807) is 6.26 Å². The zero-order valence-corrected chi connectivity index (χ0v) is 14.7. The fourth-order valence-electron chi connectivity index (χ4n) is 2.80. The Morgan fingerprint density at radius 1 is 1.24 bits per heavy atom. The third kappa shape index (κ3) is 3.96. The Morgan fingerprint density at radius 2 is 2.00 bits per heavy atom. The minimum Gasteiger partial charge on any atom is -0.444 e. The molecule has 25 heavy (non-hydrogen) atoms. The van der Waals surface area contributed by atoms with Crippen LogP contribution >= 0.6 is 0 Å². The summed E-state index contributed by atoms with van der Waals surface area (Å²) in [5, 5.41) is 7.27. The maximum Gasteiger partial charge on any atom is 0.226 e. The van der Waals surface area contributed by atoms with Gasteiger partial charge in [-0.05, 0) is 38.0 Å². The summed E-state index contributed by atoms with van der Waals surface area (Å²) < 4.78 is 7.32. The molecule has 0 bridgehead atoms. The number of benzene rings is 1. The average Bonchev–Trinajstić information content (AvgIpc) is 3.18. The molecular weight excluding hydrogens is 316 g/mol. The van der Waals surface area contributed by atoms with E-state index in [2.05, 4.69) is 15.4 Å². The molecule has 3 rings (SSSR count). The molecule has 0 unspecified atom stereocenters. The number of nitrogens with zero attached hydrogens (tertiary/aromatic N) is 3. The Balaban J connectivity index is 1.52. The highest BCUT2D eigenvalue weighted by Gasteiger charge is 2.12. The highest BCUT2D eigenvalue weighted by molar-refractivity contribution is 5.76. The Bertz CT molecular complexity index is 865. The molecule has 0 radical (unpaired) electrons. The predicted octanol–water partition coefficient (Wildman–Crippen LogP) is 2.94. The Hall–Kier alpha value is -2.89. The first-order chi connectivity index (χ1) is 12.0. The van der Waals surface area contributed by atoms with Crippen LogP contribution in [-0.2, 0) is 24.8 Å². The smallest absolute Gasteiger partial charge is 0.226 e. The van der Waals surface area contributed by atoms with Gasteiger partial charge in [0.05, 0.1) is 17.9 Å². The second-order valence-corrected chi connectivity index (χ2v) is 6.06. The fourth-order valence-corrected chi connectivity index (χ4v) is 2.80. The molecule has 0 aliphatic carbocycles. The van der Waals surface area contributed by atoms with E-state index in [9.17, 15) is 4.79 Å². The van der Waals surface area contributed by atoms with Gasteiger partial charge in [-0.15, -0.1) is 0 Å². The first-order valence-electron chi connectivity index (χ1n) is 8.30. The summed E-state index contributed by atoms with van der Waals surface area (Å²) in [6, 6.07) is 9.69. The van der Waals surface area contributed by atoms with Crippen LogP contribution in [0.3, 0.4) is 0 Å². The van der Waals surface area contributed by atoms with Gasteiger partial charge in [0.1, 0.15) is 6.26 Å². The van der Waals surface area contributed by atoms with Crippen LogP contribution < -0.4 is 5.32 Å². The zero-order chi connectivity index (χ0) is 17.8. The van der Waals surface area contributed by atoms with E-state index < -0.39 is 0 Å². The van der Waals surface area contributed by atoms with Crippen LogP contribution in [0.2, 0.25) is 0 Å². The van der Waals surface area contributed by atoms with Crippen LogP contribution in [0.5, 0.6) is 0 Å². The average molecular weight is 338 g/mol. The van der Waals surface area contributed by atoms with Crippen molar-refractivity contribution in [3.8, 4) is 11.5 Å². The Labute approximate surface area is 146 Å². The standard InChI is InChI=1S/C19H22N4O2/c1-13-17(14(2)23(3)22-13)9-10-18(24)20-11-16-12-25-19(21-16)15-7-5-4-6-8-15/h4-8,12H,9-11H2,1-3H3,(H,20,24). The molecule has 2 aromatic heterocycles. The van der Waals surface area contributed by atoms with Gasteiger partial charge >= 0.3 is 0 Å². The largest absolute Gasteiger partial charge is 0.444 e. The number of oxazole rings is 1. The lowest BCUT2D eigenvalue weighted by Gasteiger charge is -2.04. The van der Waals surface area contributed by atoms with E-state index in [1.807, 2.05) is 55.9 Å². The van der Waals surface area contributed by atoms with Crippen LogP contribution in [0.1, 0.15) is 29.1 Å². The molecule has 2 heterocycles. The van der Waals surface area contributed by atoms with Crippen molar-refractivity contribution in [2.75, 3.05) is 0 Å². The molecule has 0 saturated carbocycles. The maximum atomic E-state index is 12.1. The summed E-state index contributed by atoms with van der Waals surface area (Å²) in [6.45, 7) is 4.36. The third-order valence-corrected chi connectivity index (χ3v) is 4.30. The summed E-state index contributed by atoms with van der Waals surface area (Å²) >= 11 is 0. The van der Waals surface area contributed by atoms with E-state index in [0.29, 0.717) is 31.0 Å². The molecule has 0 fully saturated rings. The fraction of sp³-hybridized carbons (Fsp3) is 0.316. The van der Waals surface area contributed by atoms with Gasteiger partial charge in [-0.25, -0.2) is 4.98 Å². The molecule has 0 aliphatic rings. The monoisotopic (exact) mass is 338 g/mol. The second-order valence-electron chi connectivity index (χ2n) is 6.06. The van der Waals surface area contributed by atoms with E-state index >= 15 is 0 Å². The molecule has 0 atom stereocenters. The number of aromatic nitrogens is 3. The number of aryl methyl sites for hydroxylation is 2. The molecular formula is C19H22N4O2. The van der Waals surface area contributed by atoms with Crippen molar-refractivity contribution in [2.45, 2.75) is 33.2 Å². The quantitative estimate of drug-likeness (QED) is 0.750. The van der Waals surface area contributed by atoms with Crippen molar-refractivity contribution in [1.29, 1.82) is 0 Å². The lowest BCUT2D eigenvalue weighted by molar-refractivity contribution is -0.121. The van der Waals surface area contributed by atoms with E-state index in [0.717, 1.165) is 22.5 Å². The van der Waals surface area contributed by atoms with Gasteiger partial charge in [0.25, 0.3) is 0 Å². The molecule has 6 heteroatoms. The molecule has 1 N–H and O–H groups in total. The molecule has 3 aromatic rings. The van der Waals surface area contributed by atoms with Gasteiger partial charge in [-0.3, -0.25) is 9.48 Å². The molecule has 0 aliphatic heterocycles. The molecule has 1 amide bonds. The Morgan fingerprint density at radius 3 is 2.68 bits per heavy atom. The van der Waals surface area contributed by atoms with Crippen LogP contribution in [0.4, 0.5) is 0 Å². The molecule has 6 nitrogen and oxygen atoms in total. The second kappa shape index (κ2) is 7.34. The van der Waals surface area contributed by atoms with Gasteiger partial charge in [0.15, 0.2) is 0 Å². The van der Waals surface area contributed by atoms with E-state index in [1.165, 1.54) is 0 Å². The van der Waals surface area contributed by atoms with Crippen molar-refractivity contribution in [3.05, 3.63) is 59.2 Å². The molecule has 1 aromatic carbocycles. The summed E-state index contributed by atoms with van der Waals surface area (Å²) in [5.74, 6) is 0.554. The minimum atomic E-state index is -0.00749. The maximum absolute atomic E-state index is 12.1. The SMILES string of the molecule is Cc1nn(C)c(C)c1CCC(=O)NCc1coc(-c2ccccc2)n1. The normalized spacial score (nSPS) is 10.8. The topological polar surface area (TPSA) is 73.0 Å². The van der Waals surface area contributed by atoms with Gasteiger partial charge in [-0.1, -0.05) is 18.2 Å². The van der Waals surface area contributed by atoms with Crippen LogP contribution in [-0.4, -0.2) is 20.7 Å². The number of hydrogen-bond acceptors (Lipinski definition) is 4. The third-order valence-electron chi connectivity index (χ3n) is 4.30. The number of carbonyl (C=O) groups excluding carboxylic acids is 1. The van der Waals surface area contributed by atoms with Crippen molar-refractivity contribution in [3.63, 3.8) is 0 Å². The predicted molar refractivity (Wildman–Crippen MR) is 94.8 cm³/mol. The molecule has 0 saturated heterocycles. The first-order valence-corrected chi connectivity index (χ1v) is 8.30. The van der Waals surface area contributed by atoms with Crippen LogP contribution in [0.25, 0.3) is 11.5 Å². The van der Waals surface area contributed by atoms with Gasteiger partial charge < -0.3 is 9.73 Å². The summed E-state index contributed by atoms with van der Waals surface area (Å²) in [5.41, 5.74) is 4.86. The van der Waals surface area contributed by atoms with E-state index in [4.69, 9.17) is 4.42 Å². The number of hydrogen-bond donors (Lipinski definition) is 1. The van der Waals surface area contributed by atoms with Gasteiger partial charge in [-0.2, -0.15) is 5.10 Å². The number of rotatable bonds is 6. The number of amides is 1. The highest BCUT2D eigenvalue weighted by atomic mass is 16.3. The van der Waals surface area contributed by atoms with Gasteiger partial charge in [0.2, 0.25) is 11.8 Å². The molecule has 130 valence electrons. The molecule has 0 spiro atoms.